The van der Waals surface area contributed by atoms with Crippen LogP contribution in [-0.2, 0) is 0 Å². The van der Waals surface area contributed by atoms with E-state index in [1.165, 1.54) is 29.9 Å². The highest BCUT2D eigenvalue weighted by Crippen LogP contribution is 2.29. The maximum Gasteiger partial charge on any atom is 0.319 e. The molecule has 0 aliphatic heterocycles. The normalized spacial score (nSPS) is 15.9. The monoisotopic (exact) mass is 270 g/mol. The zero-order chi connectivity index (χ0) is 13.1. The predicted molar refractivity (Wildman–Crippen MR) is 70.3 cm³/mol. The van der Waals surface area contributed by atoms with E-state index in [-0.39, 0.29) is 5.69 Å². The summed E-state index contributed by atoms with van der Waals surface area (Å²) in [4.78, 5) is 12.8. The van der Waals surface area contributed by atoms with Crippen molar-refractivity contribution in [3.63, 3.8) is 0 Å². The highest BCUT2D eigenvalue weighted by molar-refractivity contribution is 6.30. The number of amides is 2. The van der Waals surface area contributed by atoms with Crippen LogP contribution in [0.2, 0.25) is 5.02 Å². The molecule has 1 aliphatic rings. The lowest BCUT2D eigenvalue weighted by Crippen LogP contribution is -2.39. The van der Waals surface area contributed by atoms with E-state index in [9.17, 15) is 9.18 Å². The van der Waals surface area contributed by atoms with Crippen molar-refractivity contribution in [3.05, 3.63) is 29.0 Å². The maximum absolute atomic E-state index is 13.8. The Kier molecular flexibility index (Phi) is 4.07. The first-order chi connectivity index (χ1) is 8.58. The SMILES string of the molecule is NC(=O)N(CC1CCCC1)c1ccc(Cl)cc1F. The van der Waals surface area contributed by atoms with Gasteiger partial charge in [0.05, 0.1) is 5.69 Å². The van der Waals surface area contributed by atoms with Crippen LogP contribution in [0.1, 0.15) is 25.7 Å². The van der Waals surface area contributed by atoms with E-state index >= 15 is 0 Å². The van der Waals surface area contributed by atoms with Crippen LogP contribution in [0, 0.1) is 11.7 Å². The summed E-state index contributed by atoms with van der Waals surface area (Å²) < 4.78 is 13.8. The molecule has 5 heteroatoms. The van der Waals surface area contributed by atoms with E-state index in [2.05, 4.69) is 0 Å². The third-order valence-electron chi connectivity index (χ3n) is 3.38. The molecule has 0 atom stereocenters. The lowest BCUT2D eigenvalue weighted by Gasteiger charge is -2.24. The van der Waals surface area contributed by atoms with Crippen LogP contribution in [0.25, 0.3) is 0 Å². The standard InChI is InChI=1S/C13H16ClFN2O/c14-10-5-6-12(11(15)7-10)17(13(16)18)8-9-3-1-2-4-9/h5-7,9H,1-4,8H2,(H2,16,18). The highest BCUT2D eigenvalue weighted by atomic mass is 35.5. The van der Waals surface area contributed by atoms with Gasteiger partial charge in [0.1, 0.15) is 5.82 Å². The minimum absolute atomic E-state index is 0.207. The van der Waals surface area contributed by atoms with Gasteiger partial charge in [-0.15, -0.1) is 0 Å². The fraction of sp³-hybridized carbons (Fsp3) is 0.462. The maximum atomic E-state index is 13.8. The lowest BCUT2D eigenvalue weighted by molar-refractivity contribution is 0.252. The van der Waals surface area contributed by atoms with E-state index in [4.69, 9.17) is 17.3 Å². The van der Waals surface area contributed by atoms with Crippen molar-refractivity contribution in [3.8, 4) is 0 Å². The average Bonchev–Trinajstić information content (AvgIpc) is 2.79. The number of rotatable bonds is 3. The van der Waals surface area contributed by atoms with Gasteiger partial charge < -0.3 is 5.73 Å². The van der Waals surface area contributed by atoms with Crippen molar-refractivity contribution < 1.29 is 9.18 Å². The molecule has 1 aliphatic carbocycles. The van der Waals surface area contributed by atoms with Crippen molar-refractivity contribution in [2.24, 2.45) is 11.7 Å². The van der Waals surface area contributed by atoms with Crippen LogP contribution >= 0.6 is 11.6 Å². The second-order valence-corrected chi connectivity index (χ2v) is 5.13. The molecule has 1 aromatic carbocycles. The van der Waals surface area contributed by atoms with Gasteiger partial charge in [-0.25, -0.2) is 9.18 Å². The molecule has 0 saturated heterocycles. The second kappa shape index (κ2) is 5.57. The fourth-order valence-electron chi connectivity index (χ4n) is 2.46. The molecule has 2 amide bonds. The van der Waals surface area contributed by atoms with Crippen LogP contribution in [0.15, 0.2) is 18.2 Å². The molecule has 1 aromatic rings. The van der Waals surface area contributed by atoms with E-state index in [1.807, 2.05) is 0 Å². The summed E-state index contributed by atoms with van der Waals surface area (Å²) in [5.74, 6) is -0.105. The summed E-state index contributed by atoms with van der Waals surface area (Å²) in [7, 11) is 0. The van der Waals surface area contributed by atoms with Gasteiger partial charge >= 0.3 is 6.03 Å². The number of primary amides is 1. The summed E-state index contributed by atoms with van der Waals surface area (Å²) in [5.41, 5.74) is 5.55. The minimum atomic E-state index is -0.622. The van der Waals surface area contributed by atoms with E-state index in [0.29, 0.717) is 17.5 Å². The number of benzene rings is 1. The van der Waals surface area contributed by atoms with Gasteiger partial charge in [0, 0.05) is 11.6 Å². The first kappa shape index (κ1) is 13.1. The predicted octanol–water partition coefficient (Wildman–Crippen LogP) is 3.55. The molecule has 1 saturated carbocycles. The molecule has 3 nitrogen and oxygen atoms in total. The van der Waals surface area contributed by atoms with Crippen molar-refractivity contribution >= 4 is 23.3 Å². The topological polar surface area (TPSA) is 46.3 Å². The molecule has 0 spiro atoms. The van der Waals surface area contributed by atoms with Crippen molar-refractivity contribution in [2.45, 2.75) is 25.7 Å². The largest absolute Gasteiger partial charge is 0.351 e. The number of hydrogen-bond donors (Lipinski definition) is 1. The van der Waals surface area contributed by atoms with Gasteiger partial charge in [-0.05, 0) is 37.0 Å². The Labute approximate surface area is 111 Å². The number of carbonyl (C=O) groups excluding carboxylic acids is 1. The number of nitrogens with two attached hydrogens (primary N) is 1. The molecule has 0 aromatic heterocycles. The Morgan fingerprint density at radius 1 is 1.44 bits per heavy atom. The Balaban J connectivity index is 2.20. The number of halogens is 2. The zero-order valence-electron chi connectivity index (χ0n) is 10.0. The van der Waals surface area contributed by atoms with E-state index in [0.717, 1.165) is 12.8 Å². The second-order valence-electron chi connectivity index (χ2n) is 4.70. The summed E-state index contributed by atoms with van der Waals surface area (Å²) in [6.45, 7) is 0.480. The Morgan fingerprint density at radius 3 is 2.67 bits per heavy atom. The third-order valence-corrected chi connectivity index (χ3v) is 3.62. The average molecular weight is 271 g/mol. The Morgan fingerprint density at radius 2 is 2.11 bits per heavy atom. The third kappa shape index (κ3) is 2.93. The van der Waals surface area contributed by atoms with Crippen molar-refractivity contribution in [2.75, 3.05) is 11.4 Å². The molecule has 0 radical (unpaired) electrons. The number of hydrogen-bond acceptors (Lipinski definition) is 1. The first-order valence-electron chi connectivity index (χ1n) is 6.10. The molecule has 18 heavy (non-hydrogen) atoms. The highest BCUT2D eigenvalue weighted by Gasteiger charge is 2.23. The number of nitrogens with zero attached hydrogens (tertiary/aromatic N) is 1. The van der Waals surface area contributed by atoms with Gasteiger partial charge in [-0.2, -0.15) is 0 Å². The summed E-state index contributed by atoms with van der Waals surface area (Å²) in [6, 6.07) is 3.63. The Hall–Kier alpha value is -1.29. The summed E-state index contributed by atoms with van der Waals surface area (Å²) >= 11 is 5.70. The minimum Gasteiger partial charge on any atom is -0.351 e. The molecule has 0 heterocycles. The van der Waals surface area contributed by atoms with Crippen LogP contribution in [0.3, 0.4) is 0 Å². The quantitative estimate of drug-likeness (QED) is 0.897. The van der Waals surface area contributed by atoms with Gasteiger partial charge in [-0.1, -0.05) is 24.4 Å². The van der Waals surface area contributed by atoms with Crippen LogP contribution < -0.4 is 10.6 Å². The van der Waals surface area contributed by atoms with Crippen LogP contribution in [-0.4, -0.2) is 12.6 Å². The van der Waals surface area contributed by atoms with Gasteiger partial charge in [0.25, 0.3) is 0 Å². The molecule has 98 valence electrons. The zero-order valence-corrected chi connectivity index (χ0v) is 10.8. The first-order valence-corrected chi connectivity index (χ1v) is 6.47. The summed E-state index contributed by atoms with van der Waals surface area (Å²) in [5, 5.41) is 0.307. The molecule has 0 unspecified atom stereocenters. The van der Waals surface area contributed by atoms with Gasteiger partial charge in [-0.3, -0.25) is 4.90 Å². The molecular weight excluding hydrogens is 255 g/mol. The number of urea groups is 1. The number of anilines is 1. The van der Waals surface area contributed by atoms with E-state index < -0.39 is 11.8 Å². The van der Waals surface area contributed by atoms with Gasteiger partial charge in [0.15, 0.2) is 0 Å². The van der Waals surface area contributed by atoms with Crippen molar-refractivity contribution in [1.29, 1.82) is 0 Å². The molecule has 0 bridgehead atoms. The molecule has 2 N–H and O–H groups in total. The smallest absolute Gasteiger partial charge is 0.319 e. The van der Waals surface area contributed by atoms with Crippen molar-refractivity contribution in [1.82, 2.24) is 0 Å². The van der Waals surface area contributed by atoms with Crippen LogP contribution in [0.5, 0.6) is 0 Å². The molecular formula is C13H16ClFN2O. The summed E-state index contributed by atoms with van der Waals surface area (Å²) in [6.07, 6.45) is 4.47. The Bertz CT molecular complexity index is 447. The van der Waals surface area contributed by atoms with Crippen LogP contribution in [0.4, 0.5) is 14.9 Å². The molecule has 1 fully saturated rings. The van der Waals surface area contributed by atoms with E-state index in [1.54, 1.807) is 6.07 Å². The van der Waals surface area contributed by atoms with Gasteiger partial charge in [0.2, 0.25) is 0 Å². The lowest BCUT2D eigenvalue weighted by atomic mass is 10.1. The number of carbonyl (C=O) groups is 1. The fourth-order valence-corrected chi connectivity index (χ4v) is 2.62. The molecule has 2 rings (SSSR count).